The normalized spacial score (nSPS) is 25.5. The van der Waals surface area contributed by atoms with Gasteiger partial charge in [-0.15, -0.1) is 0 Å². The third-order valence-electron chi connectivity index (χ3n) is 5.24. The first-order valence-corrected chi connectivity index (χ1v) is 8.41. The summed E-state index contributed by atoms with van der Waals surface area (Å²) in [6, 6.07) is 10.6. The molecule has 4 nitrogen and oxygen atoms in total. The molecule has 1 aromatic carbocycles. The summed E-state index contributed by atoms with van der Waals surface area (Å²) in [6.45, 7) is 6.64. The largest absolute Gasteiger partial charge is 0.354 e. The van der Waals surface area contributed by atoms with Gasteiger partial charge in [0.2, 0.25) is 0 Å². The van der Waals surface area contributed by atoms with E-state index in [4.69, 9.17) is 4.74 Å². The smallest absolute Gasteiger partial charge is 0.254 e. The molecule has 0 aromatic heterocycles. The van der Waals surface area contributed by atoms with Crippen molar-refractivity contribution in [3.63, 3.8) is 0 Å². The zero-order valence-electron chi connectivity index (χ0n) is 13.3. The van der Waals surface area contributed by atoms with Crippen LogP contribution < -0.4 is 0 Å². The molecule has 2 spiro atoms. The van der Waals surface area contributed by atoms with E-state index in [1.54, 1.807) is 0 Å². The number of hydrogen-bond donors (Lipinski definition) is 0. The van der Waals surface area contributed by atoms with Gasteiger partial charge in [-0.25, -0.2) is 0 Å². The average molecular weight is 300 g/mol. The Morgan fingerprint density at radius 3 is 2.50 bits per heavy atom. The fourth-order valence-corrected chi connectivity index (χ4v) is 3.91. The van der Waals surface area contributed by atoms with Crippen LogP contribution in [-0.2, 0) is 16.0 Å². The third-order valence-corrected chi connectivity index (χ3v) is 5.24. The number of amides is 1. The Labute approximate surface area is 132 Å². The highest BCUT2D eigenvalue weighted by Crippen LogP contribution is 2.49. The van der Waals surface area contributed by atoms with Crippen molar-refractivity contribution >= 4 is 5.91 Å². The first-order chi connectivity index (χ1) is 10.6. The number of morpholine rings is 1. The maximum atomic E-state index is 12.3. The van der Waals surface area contributed by atoms with Gasteiger partial charge in [0, 0.05) is 26.2 Å². The van der Waals surface area contributed by atoms with Crippen LogP contribution >= 0.6 is 0 Å². The zero-order valence-corrected chi connectivity index (χ0v) is 13.3. The molecular weight excluding hydrogens is 276 g/mol. The molecular formula is C18H24N2O2. The molecule has 118 valence electrons. The summed E-state index contributed by atoms with van der Waals surface area (Å²) < 4.78 is 6.30. The number of ether oxygens (including phenoxy) is 1. The monoisotopic (exact) mass is 300 g/mol. The molecule has 1 aromatic rings. The quantitative estimate of drug-likeness (QED) is 0.848. The molecule has 0 bridgehead atoms. The van der Waals surface area contributed by atoms with Crippen molar-refractivity contribution in [1.29, 1.82) is 0 Å². The van der Waals surface area contributed by atoms with E-state index in [0.29, 0.717) is 0 Å². The van der Waals surface area contributed by atoms with Crippen LogP contribution in [0.15, 0.2) is 30.3 Å². The highest BCUT2D eigenvalue weighted by Gasteiger charge is 2.63. The summed E-state index contributed by atoms with van der Waals surface area (Å²) in [6.07, 6.45) is 2.90. The molecule has 2 saturated heterocycles. The van der Waals surface area contributed by atoms with Gasteiger partial charge in [-0.05, 0) is 31.7 Å². The molecule has 2 heterocycles. The Morgan fingerprint density at radius 2 is 1.86 bits per heavy atom. The average Bonchev–Trinajstić information content (AvgIpc) is 3.28. The van der Waals surface area contributed by atoms with E-state index in [1.807, 2.05) is 4.90 Å². The van der Waals surface area contributed by atoms with Crippen LogP contribution in [0.2, 0.25) is 0 Å². The number of nitrogens with zero attached hydrogens (tertiary/aromatic N) is 2. The lowest BCUT2D eigenvalue weighted by Gasteiger charge is -2.56. The SMILES string of the molecule is CCN1CC2(CN(CCc3ccccc3)C2)OC2(CC2)C1=O. The van der Waals surface area contributed by atoms with E-state index in [1.165, 1.54) is 5.56 Å². The minimum atomic E-state index is -0.445. The third kappa shape index (κ3) is 2.34. The first kappa shape index (κ1) is 14.2. The molecule has 4 heteroatoms. The second-order valence-corrected chi connectivity index (χ2v) is 7.04. The van der Waals surface area contributed by atoms with Crippen LogP contribution in [0.3, 0.4) is 0 Å². The van der Waals surface area contributed by atoms with E-state index >= 15 is 0 Å². The Kier molecular flexibility index (Phi) is 3.27. The predicted octanol–water partition coefficient (Wildman–Crippen LogP) is 1.69. The lowest BCUT2D eigenvalue weighted by molar-refractivity contribution is -0.225. The number of benzene rings is 1. The molecule has 22 heavy (non-hydrogen) atoms. The van der Waals surface area contributed by atoms with Gasteiger partial charge in [0.1, 0.15) is 11.2 Å². The number of likely N-dealkylation sites (tertiary alicyclic amines) is 1. The molecule has 0 radical (unpaired) electrons. The molecule has 4 rings (SSSR count). The molecule has 1 saturated carbocycles. The van der Waals surface area contributed by atoms with Gasteiger partial charge >= 0.3 is 0 Å². The highest BCUT2D eigenvalue weighted by atomic mass is 16.5. The van der Waals surface area contributed by atoms with Crippen molar-refractivity contribution in [1.82, 2.24) is 9.80 Å². The molecule has 3 fully saturated rings. The van der Waals surface area contributed by atoms with E-state index in [9.17, 15) is 4.79 Å². The van der Waals surface area contributed by atoms with E-state index in [2.05, 4.69) is 42.2 Å². The number of rotatable bonds is 4. The molecule has 0 atom stereocenters. The number of carbonyl (C=O) groups excluding carboxylic acids is 1. The van der Waals surface area contributed by atoms with Crippen molar-refractivity contribution < 1.29 is 9.53 Å². The van der Waals surface area contributed by atoms with Crippen LogP contribution in [0.5, 0.6) is 0 Å². The molecule has 1 aliphatic carbocycles. The summed E-state index contributed by atoms with van der Waals surface area (Å²) >= 11 is 0. The first-order valence-electron chi connectivity index (χ1n) is 8.41. The van der Waals surface area contributed by atoms with Crippen LogP contribution in [0.1, 0.15) is 25.3 Å². The van der Waals surface area contributed by atoms with Crippen LogP contribution in [0.25, 0.3) is 0 Å². The summed E-state index contributed by atoms with van der Waals surface area (Å²) in [5.41, 5.74) is 0.841. The number of likely N-dealkylation sites (N-methyl/N-ethyl adjacent to an activating group) is 1. The summed E-state index contributed by atoms with van der Waals surface area (Å²) in [5.74, 6) is 0.225. The lowest BCUT2D eigenvalue weighted by atomic mass is 9.89. The van der Waals surface area contributed by atoms with Crippen LogP contribution in [0, 0.1) is 0 Å². The maximum absolute atomic E-state index is 12.3. The summed E-state index contributed by atoms with van der Waals surface area (Å²) in [7, 11) is 0. The second-order valence-electron chi connectivity index (χ2n) is 7.04. The zero-order chi connectivity index (χ0) is 15.2. The Bertz CT molecular complexity index is 562. The predicted molar refractivity (Wildman–Crippen MR) is 84.6 cm³/mol. The minimum Gasteiger partial charge on any atom is -0.354 e. The van der Waals surface area contributed by atoms with Gasteiger partial charge in [-0.2, -0.15) is 0 Å². The molecule has 3 aliphatic rings. The Balaban J connectivity index is 1.35. The summed E-state index contributed by atoms with van der Waals surface area (Å²) in [5, 5.41) is 0. The van der Waals surface area contributed by atoms with Crippen LogP contribution in [0.4, 0.5) is 0 Å². The van der Waals surface area contributed by atoms with Crippen molar-refractivity contribution in [2.45, 2.75) is 37.4 Å². The van der Waals surface area contributed by atoms with Gasteiger partial charge in [0.05, 0.1) is 6.54 Å². The van der Waals surface area contributed by atoms with Gasteiger partial charge < -0.3 is 9.64 Å². The van der Waals surface area contributed by atoms with Gasteiger partial charge in [0.25, 0.3) is 5.91 Å². The minimum absolute atomic E-state index is 0.100. The van der Waals surface area contributed by atoms with Gasteiger partial charge in [-0.3, -0.25) is 9.69 Å². The van der Waals surface area contributed by atoms with E-state index in [0.717, 1.165) is 52.0 Å². The van der Waals surface area contributed by atoms with Gasteiger partial charge in [-0.1, -0.05) is 30.3 Å². The van der Waals surface area contributed by atoms with Crippen molar-refractivity contribution in [2.75, 3.05) is 32.7 Å². The fourth-order valence-electron chi connectivity index (χ4n) is 3.91. The number of hydrogen-bond acceptors (Lipinski definition) is 3. The lowest BCUT2D eigenvalue weighted by Crippen LogP contribution is -2.73. The Hall–Kier alpha value is -1.39. The van der Waals surface area contributed by atoms with E-state index < -0.39 is 5.60 Å². The second kappa shape index (κ2) is 5.07. The number of carbonyl (C=O) groups is 1. The maximum Gasteiger partial charge on any atom is 0.254 e. The van der Waals surface area contributed by atoms with Crippen molar-refractivity contribution in [3.05, 3.63) is 35.9 Å². The fraction of sp³-hybridized carbons (Fsp3) is 0.611. The van der Waals surface area contributed by atoms with Gasteiger partial charge in [0.15, 0.2) is 0 Å². The molecule has 2 aliphatic heterocycles. The van der Waals surface area contributed by atoms with E-state index in [-0.39, 0.29) is 11.5 Å². The molecule has 0 unspecified atom stereocenters. The van der Waals surface area contributed by atoms with Crippen molar-refractivity contribution in [2.24, 2.45) is 0 Å². The topological polar surface area (TPSA) is 32.8 Å². The molecule has 1 amide bonds. The highest BCUT2D eigenvalue weighted by molar-refractivity contribution is 5.89. The molecule has 0 N–H and O–H groups in total. The summed E-state index contributed by atoms with van der Waals surface area (Å²) in [4.78, 5) is 16.8. The van der Waals surface area contributed by atoms with Crippen LogP contribution in [-0.4, -0.2) is 59.6 Å². The van der Waals surface area contributed by atoms with Crippen molar-refractivity contribution in [3.8, 4) is 0 Å². The standard InChI is InChI=1S/C18H24N2O2/c1-2-20-14-17(22-18(9-10-18)16(20)21)12-19(13-17)11-8-15-6-4-3-5-7-15/h3-7H,2,8-14H2,1H3. The Morgan fingerprint density at radius 1 is 1.14 bits per heavy atom.